The summed E-state index contributed by atoms with van der Waals surface area (Å²) in [6, 6.07) is 8.53. The van der Waals surface area contributed by atoms with Crippen LogP contribution in [0.1, 0.15) is 103 Å². The van der Waals surface area contributed by atoms with Crippen molar-refractivity contribution < 1.29 is 54.2 Å². The Hall–Kier alpha value is -5.45. The van der Waals surface area contributed by atoms with Gasteiger partial charge in [0.2, 0.25) is 11.8 Å². The van der Waals surface area contributed by atoms with E-state index in [1.807, 2.05) is 25.7 Å². The van der Waals surface area contributed by atoms with Crippen molar-refractivity contribution in [3.05, 3.63) is 71.8 Å². The van der Waals surface area contributed by atoms with Gasteiger partial charge in [-0.05, 0) is 123 Å². The number of fused-ring (bicyclic) bond motifs is 4. The van der Waals surface area contributed by atoms with Crippen molar-refractivity contribution in [2.24, 2.45) is 0 Å². The second-order valence-electron chi connectivity index (χ2n) is 18.8. The predicted molar refractivity (Wildman–Crippen MR) is 263 cm³/mol. The highest BCUT2D eigenvalue weighted by atomic mass is 35.5. The number of nitrogens with zero attached hydrogens (tertiary/aromatic N) is 5. The maximum absolute atomic E-state index is 14.5. The molecule has 1 amide bonds. The number of hydrogen-bond donors (Lipinski definition) is 3. The van der Waals surface area contributed by atoms with Gasteiger partial charge in [0.05, 0.1) is 44.5 Å². The first-order valence-electron chi connectivity index (χ1n) is 23.6. The molecule has 6 heterocycles. The van der Waals surface area contributed by atoms with Gasteiger partial charge in [0.25, 0.3) is 0 Å². The molecule has 0 aliphatic carbocycles. The van der Waals surface area contributed by atoms with Crippen LogP contribution in [0.25, 0.3) is 0 Å². The molecule has 4 aromatic rings. The molecular weight excluding hydrogens is 986 g/mol. The van der Waals surface area contributed by atoms with Crippen molar-refractivity contribution in [2.45, 2.75) is 164 Å². The lowest BCUT2D eigenvalue weighted by atomic mass is 9.83. The molecule has 4 aliphatic heterocycles. The largest absolute Gasteiger partial charge is 0.474 e. The average molecular weight is 1050 g/mol. The third-order valence-electron chi connectivity index (χ3n) is 12.4. The Kier molecular flexibility index (Phi) is 18.4. The van der Waals surface area contributed by atoms with Crippen LogP contribution in [0.2, 0.25) is 0 Å². The van der Waals surface area contributed by atoms with Crippen LogP contribution in [-0.4, -0.2) is 114 Å². The lowest BCUT2D eigenvalue weighted by molar-refractivity contribution is -0.0243. The Morgan fingerprint density at radius 1 is 0.676 bits per heavy atom. The summed E-state index contributed by atoms with van der Waals surface area (Å²) in [4.78, 5) is 41.1. The number of carbonyl (C=O) groups is 2. The van der Waals surface area contributed by atoms with Crippen molar-refractivity contribution in [3.8, 4) is 11.8 Å². The van der Waals surface area contributed by atoms with Crippen molar-refractivity contribution in [2.75, 3.05) is 23.1 Å². The van der Waals surface area contributed by atoms with E-state index in [4.69, 9.17) is 25.8 Å². The number of rotatable bonds is 12. The number of sulfone groups is 2. The first kappa shape index (κ1) is 54.9. The third-order valence-corrected chi connectivity index (χ3v) is 14.7. The lowest BCUT2D eigenvalue weighted by Crippen LogP contribution is -2.57. The maximum Gasteiger partial charge on any atom is 0.410 e. The zero-order chi connectivity index (χ0) is 51.8. The molecule has 23 heteroatoms. The molecule has 3 N–H and O–H groups in total. The first-order valence-corrected chi connectivity index (χ1v) is 27.7. The third kappa shape index (κ3) is 15.3. The van der Waals surface area contributed by atoms with Crippen LogP contribution < -0.4 is 25.4 Å². The highest BCUT2D eigenvalue weighted by molar-refractivity contribution is 7.91. The van der Waals surface area contributed by atoms with E-state index >= 15 is 0 Å². The summed E-state index contributed by atoms with van der Waals surface area (Å²) in [5.41, 5.74) is 0.780. The van der Waals surface area contributed by atoms with E-state index in [0.717, 1.165) is 56.7 Å². The van der Waals surface area contributed by atoms with E-state index in [1.165, 1.54) is 56.2 Å². The van der Waals surface area contributed by atoms with Crippen LogP contribution in [0, 0.1) is 25.5 Å². The monoisotopic (exact) mass is 1050 g/mol. The van der Waals surface area contributed by atoms with Crippen molar-refractivity contribution in [3.63, 3.8) is 0 Å². The SMILES string of the molecule is CC(C)OC(=O)Cl.Cc1c(Nc2ccc(S(C)(=O)=O)cc2F)ncnc1OC1CC2CCCC(C1)N2.Cc1c(Nc2ccc(S(C)(=O)=O)cc2F)ncnc1OC1CC2CCCC(C1)N2C(=O)OC(C)C. The van der Waals surface area contributed by atoms with Gasteiger partial charge in [-0.3, -0.25) is 0 Å². The fourth-order valence-electron chi connectivity index (χ4n) is 9.07. The molecule has 4 saturated heterocycles. The molecule has 388 valence electrons. The summed E-state index contributed by atoms with van der Waals surface area (Å²) in [5, 5.41) is 9.47. The topological polar surface area (TPSA) is 230 Å². The first-order chi connectivity index (χ1) is 33.4. The highest BCUT2D eigenvalue weighted by Gasteiger charge is 2.43. The Morgan fingerprint density at radius 2 is 1.10 bits per heavy atom. The maximum atomic E-state index is 14.5. The molecule has 8 rings (SSSR count). The Labute approximate surface area is 419 Å². The number of hydrogen-bond acceptors (Lipinski definition) is 17. The Morgan fingerprint density at radius 3 is 1.48 bits per heavy atom. The summed E-state index contributed by atoms with van der Waals surface area (Å²) in [6.07, 6.45) is 14.0. The molecule has 2 aromatic carbocycles. The van der Waals surface area contributed by atoms with Gasteiger partial charge in [-0.2, -0.15) is 0 Å². The number of aromatic nitrogens is 4. The van der Waals surface area contributed by atoms with Crippen LogP contribution in [0.5, 0.6) is 11.8 Å². The molecule has 0 radical (unpaired) electrons. The second kappa shape index (κ2) is 23.8. The molecule has 2 aromatic heterocycles. The minimum absolute atomic E-state index is 0.0564. The average Bonchev–Trinajstić information content (AvgIpc) is 3.26. The molecule has 4 atom stereocenters. The summed E-state index contributed by atoms with van der Waals surface area (Å²) in [7, 11) is -6.99. The summed E-state index contributed by atoms with van der Waals surface area (Å²) in [6.45, 7) is 10.8. The molecule has 0 saturated carbocycles. The molecular formula is C48H63ClF2N8O10S2. The van der Waals surface area contributed by atoms with Crippen molar-refractivity contribution >= 4 is 65.8 Å². The van der Waals surface area contributed by atoms with Crippen LogP contribution in [0.4, 0.5) is 41.4 Å². The number of benzene rings is 2. The summed E-state index contributed by atoms with van der Waals surface area (Å²) in [5.74, 6) is 0.285. The van der Waals surface area contributed by atoms with E-state index in [9.17, 15) is 35.2 Å². The standard InChI is InChI=1S/C24H31FN4O5S.C20H25FN4O3S.C4H7ClO2/c1-14(2)33-24(30)29-16-6-5-7-17(29)11-18(10-16)34-23-15(3)22(26-13-27-23)28-21-9-8-19(12-20(21)25)35(4,31)32;1-12-19(25-18-7-6-16(10-17(18)21)29(2,26)27)22-11-23-20(12)28-15-8-13-4-3-5-14(9-15)24-13;1-3(2)7-4(5)6/h8-9,12-14,16-18H,5-7,10-11H2,1-4H3,(H,26,27,28);6-7,10-11,13-15,24H,3-5,8-9H2,1-2H3,(H,22,23,25);3H,1-2H3. The van der Waals surface area contributed by atoms with Gasteiger partial charge in [0.15, 0.2) is 19.7 Å². The van der Waals surface area contributed by atoms with E-state index in [-0.39, 0.29) is 63.8 Å². The molecule has 0 spiro atoms. The van der Waals surface area contributed by atoms with Crippen molar-refractivity contribution in [1.29, 1.82) is 0 Å². The van der Waals surface area contributed by atoms with Gasteiger partial charge in [0.1, 0.15) is 48.1 Å². The van der Waals surface area contributed by atoms with Gasteiger partial charge >= 0.3 is 11.5 Å². The van der Waals surface area contributed by atoms with Gasteiger partial charge in [-0.1, -0.05) is 6.42 Å². The van der Waals surface area contributed by atoms with Gasteiger partial charge in [-0.25, -0.2) is 55.1 Å². The van der Waals surface area contributed by atoms with Crippen LogP contribution in [0.3, 0.4) is 0 Å². The zero-order valence-corrected chi connectivity index (χ0v) is 43.5. The number of halogens is 3. The predicted octanol–water partition coefficient (Wildman–Crippen LogP) is 9.27. The Balaban J connectivity index is 0.000000208. The van der Waals surface area contributed by atoms with E-state index in [2.05, 4.69) is 40.6 Å². The lowest BCUT2D eigenvalue weighted by Gasteiger charge is -2.47. The minimum Gasteiger partial charge on any atom is -0.474 e. The molecule has 71 heavy (non-hydrogen) atoms. The van der Waals surface area contributed by atoms with E-state index < -0.39 is 36.7 Å². The van der Waals surface area contributed by atoms with Crippen LogP contribution >= 0.6 is 11.6 Å². The van der Waals surface area contributed by atoms with Gasteiger partial charge < -0.3 is 39.8 Å². The number of ether oxygens (including phenoxy) is 4. The van der Waals surface area contributed by atoms with E-state index in [1.54, 1.807) is 20.8 Å². The molecule has 4 aliphatic rings. The quantitative estimate of drug-likeness (QED) is 0.112. The normalized spacial score (nSPS) is 21.7. The number of anilines is 4. The van der Waals surface area contributed by atoms with E-state index in [0.29, 0.717) is 59.4 Å². The number of carbonyl (C=O) groups excluding carboxylic acids is 2. The molecule has 4 unspecified atom stereocenters. The fraction of sp³-hybridized carbons (Fsp3) is 0.542. The Bertz CT molecular complexity index is 2730. The molecule has 18 nitrogen and oxygen atoms in total. The second-order valence-corrected chi connectivity index (χ2v) is 23.1. The van der Waals surface area contributed by atoms with Crippen LogP contribution in [-0.2, 0) is 29.1 Å². The van der Waals surface area contributed by atoms with Gasteiger partial charge in [0, 0.05) is 61.1 Å². The number of nitrogens with one attached hydrogen (secondary N) is 3. The zero-order valence-electron chi connectivity index (χ0n) is 41.1. The minimum atomic E-state index is -3.51. The summed E-state index contributed by atoms with van der Waals surface area (Å²) < 4.78 is 97.7. The smallest absolute Gasteiger partial charge is 0.410 e. The fourth-order valence-corrected chi connectivity index (χ4v) is 10.5. The molecule has 4 fully saturated rings. The van der Waals surface area contributed by atoms with Crippen LogP contribution in [0.15, 0.2) is 58.8 Å². The number of piperidine rings is 4. The van der Waals surface area contributed by atoms with Crippen molar-refractivity contribution in [1.82, 2.24) is 30.2 Å². The highest BCUT2D eigenvalue weighted by Crippen LogP contribution is 2.38. The number of amides is 1. The molecule has 4 bridgehead atoms. The summed E-state index contributed by atoms with van der Waals surface area (Å²) >= 11 is 4.81. The van der Waals surface area contributed by atoms with Gasteiger partial charge in [-0.15, -0.1) is 0 Å².